The van der Waals surface area contributed by atoms with Crippen LogP contribution in [0.1, 0.15) is 43.4 Å². The second-order valence-corrected chi connectivity index (χ2v) is 7.92. The molecule has 1 aliphatic rings. The minimum absolute atomic E-state index is 0.00691. The van der Waals surface area contributed by atoms with Crippen molar-refractivity contribution < 1.29 is 13.9 Å². The van der Waals surface area contributed by atoms with Gasteiger partial charge in [-0.3, -0.25) is 9.69 Å². The summed E-state index contributed by atoms with van der Waals surface area (Å²) in [6.07, 6.45) is 3.23. The number of nitrogens with zero attached hydrogens (tertiary/aromatic N) is 1. The highest BCUT2D eigenvalue weighted by molar-refractivity contribution is 5.76. The second kappa shape index (κ2) is 10.4. The molecule has 1 N–H and O–H groups in total. The van der Waals surface area contributed by atoms with Crippen LogP contribution in [0, 0.1) is 11.7 Å². The number of hydrogen-bond donors (Lipinski definition) is 1. The quantitative estimate of drug-likeness (QED) is 0.719. The van der Waals surface area contributed by atoms with Gasteiger partial charge in [0.1, 0.15) is 0 Å². The fourth-order valence-corrected chi connectivity index (χ4v) is 3.90. The molecule has 1 atom stereocenters. The summed E-state index contributed by atoms with van der Waals surface area (Å²) in [5.41, 5.74) is 2.03. The summed E-state index contributed by atoms with van der Waals surface area (Å²) in [7, 11) is 1.44. The van der Waals surface area contributed by atoms with E-state index in [-0.39, 0.29) is 17.7 Å². The van der Waals surface area contributed by atoms with Gasteiger partial charge >= 0.3 is 0 Å². The minimum Gasteiger partial charge on any atom is -0.494 e. The lowest BCUT2D eigenvalue weighted by Gasteiger charge is -2.37. The van der Waals surface area contributed by atoms with Gasteiger partial charge in [0.25, 0.3) is 0 Å². The van der Waals surface area contributed by atoms with Gasteiger partial charge in [0, 0.05) is 13.0 Å². The Morgan fingerprint density at radius 1 is 1.21 bits per heavy atom. The Labute approximate surface area is 173 Å². The molecule has 5 heteroatoms. The zero-order valence-corrected chi connectivity index (χ0v) is 17.4. The lowest BCUT2D eigenvalue weighted by Crippen LogP contribution is -2.42. The minimum atomic E-state index is -0.395. The summed E-state index contributed by atoms with van der Waals surface area (Å²) < 4.78 is 18.8. The van der Waals surface area contributed by atoms with Crippen LogP contribution in [-0.4, -0.2) is 37.6 Å². The van der Waals surface area contributed by atoms with Gasteiger partial charge in [-0.05, 0) is 61.5 Å². The van der Waals surface area contributed by atoms with E-state index in [0.717, 1.165) is 24.6 Å². The van der Waals surface area contributed by atoms with Gasteiger partial charge in [0.2, 0.25) is 5.91 Å². The Bertz CT molecular complexity index is 789. The number of amides is 1. The van der Waals surface area contributed by atoms with Crippen molar-refractivity contribution in [1.29, 1.82) is 0 Å². The Balaban J connectivity index is 1.56. The van der Waals surface area contributed by atoms with Crippen molar-refractivity contribution in [3.05, 3.63) is 65.5 Å². The van der Waals surface area contributed by atoms with Crippen LogP contribution in [0.25, 0.3) is 0 Å². The van der Waals surface area contributed by atoms with Crippen LogP contribution in [0.3, 0.4) is 0 Å². The summed E-state index contributed by atoms with van der Waals surface area (Å²) >= 11 is 0. The molecule has 3 rings (SSSR count). The SMILES string of the molecule is COc1ccc(CCC(=O)NCC(c2ccccc2)N2CCC(C)CC2)cc1F. The first kappa shape index (κ1) is 21.3. The summed E-state index contributed by atoms with van der Waals surface area (Å²) in [6, 6.07) is 15.4. The van der Waals surface area contributed by atoms with E-state index in [4.69, 9.17) is 4.74 Å². The van der Waals surface area contributed by atoms with Crippen molar-refractivity contribution in [3.8, 4) is 5.75 Å². The van der Waals surface area contributed by atoms with E-state index in [2.05, 4.69) is 41.4 Å². The van der Waals surface area contributed by atoms with E-state index >= 15 is 0 Å². The molecule has 1 aliphatic heterocycles. The number of rotatable bonds is 8. The fraction of sp³-hybridized carbons (Fsp3) is 0.458. The molecule has 0 spiro atoms. The van der Waals surface area contributed by atoms with Crippen LogP contribution >= 0.6 is 0 Å². The van der Waals surface area contributed by atoms with Crippen molar-refractivity contribution >= 4 is 5.91 Å². The lowest BCUT2D eigenvalue weighted by molar-refractivity contribution is -0.121. The number of benzene rings is 2. The molecular formula is C24H31FN2O2. The van der Waals surface area contributed by atoms with E-state index in [1.807, 2.05) is 6.07 Å². The van der Waals surface area contributed by atoms with E-state index in [9.17, 15) is 9.18 Å². The monoisotopic (exact) mass is 398 g/mol. The predicted molar refractivity (Wildman–Crippen MR) is 113 cm³/mol. The summed E-state index contributed by atoms with van der Waals surface area (Å²) in [6.45, 7) is 5.01. The molecule has 0 bridgehead atoms. The normalized spacial score (nSPS) is 16.4. The molecule has 1 heterocycles. The number of carbonyl (C=O) groups excluding carboxylic acids is 1. The smallest absolute Gasteiger partial charge is 0.220 e. The van der Waals surface area contributed by atoms with Crippen molar-refractivity contribution in [2.45, 2.75) is 38.6 Å². The van der Waals surface area contributed by atoms with Crippen LogP contribution in [0.2, 0.25) is 0 Å². The third-order valence-corrected chi connectivity index (χ3v) is 5.79. The van der Waals surface area contributed by atoms with E-state index in [1.54, 1.807) is 12.1 Å². The highest BCUT2D eigenvalue weighted by Crippen LogP contribution is 2.26. The van der Waals surface area contributed by atoms with Gasteiger partial charge in [-0.25, -0.2) is 4.39 Å². The number of likely N-dealkylation sites (tertiary alicyclic amines) is 1. The molecule has 0 aromatic heterocycles. The number of methoxy groups -OCH3 is 1. The van der Waals surface area contributed by atoms with Crippen molar-refractivity contribution in [3.63, 3.8) is 0 Å². The number of piperidine rings is 1. The topological polar surface area (TPSA) is 41.6 Å². The van der Waals surface area contributed by atoms with Crippen LogP contribution < -0.4 is 10.1 Å². The van der Waals surface area contributed by atoms with Crippen molar-refractivity contribution in [1.82, 2.24) is 10.2 Å². The van der Waals surface area contributed by atoms with Crippen molar-refractivity contribution in [2.75, 3.05) is 26.7 Å². The first-order valence-corrected chi connectivity index (χ1v) is 10.4. The number of nitrogens with one attached hydrogen (secondary N) is 1. The molecule has 2 aromatic rings. The number of ether oxygens (including phenoxy) is 1. The third kappa shape index (κ3) is 6.04. The molecule has 1 amide bonds. The molecule has 2 aromatic carbocycles. The van der Waals surface area contributed by atoms with Gasteiger partial charge in [0.15, 0.2) is 11.6 Å². The maximum absolute atomic E-state index is 13.8. The largest absolute Gasteiger partial charge is 0.494 e. The summed E-state index contributed by atoms with van der Waals surface area (Å²) in [5.74, 6) is 0.586. The van der Waals surface area contributed by atoms with Gasteiger partial charge in [0.05, 0.1) is 13.2 Å². The lowest BCUT2D eigenvalue weighted by atomic mass is 9.95. The second-order valence-electron chi connectivity index (χ2n) is 7.92. The van der Waals surface area contributed by atoms with E-state index < -0.39 is 5.82 Å². The van der Waals surface area contributed by atoms with Gasteiger partial charge in [-0.1, -0.05) is 43.3 Å². The highest BCUT2D eigenvalue weighted by Gasteiger charge is 2.24. The number of hydrogen-bond acceptors (Lipinski definition) is 3. The molecule has 0 aliphatic carbocycles. The van der Waals surface area contributed by atoms with E-state index in [1.165, 1.54) is 31.6 Å². The van der Waals surface area contributed by atoms with Crippen molar-refractivity contribution in [2.24, 2.45) is 5.92 Å². The molecular weight excluding hydrogens is 367 g/mol. The number of aryl methyl sites for hydroxylation is 1. The van der Waals surface area contributed by atoms with Crippen LogP contribution in [-0.2, 0) is 11.2 Å². The van der Waals surface area contributed by atoms with E-state index in [0.29, 0.717) is 19.4 Å². The first-order valence-electron chi connectivity index (χ1n) is 10.4. The first-order chi connectivity index (χ1) is 14.1. The molecule has 29 heavy (non-hydrogen) atoms. The molecule has 156 valence electrons. The zero-order chi connectivity index (χ0) is 20.6. The molecule has 1 fully saturated rings. The maximum Gasteiger partial charge on any atom is 0.220 e. The number of halogens is 1. The fourth-order valence-electron chi connectivity index (χ4n) is 3.90. The Hall–Kier alpha value is -2.40. The van der Waals surface area contributed by atoms with Crippen LogP contribution in [0.5, 0.6) is 5.75 Å². The molecule has 0 saturated carbocycles. The Morgan fingerprint density at radius 3 is 2.59 bits per heavy atom. The molecule has 1 unspecified atom stereocenters. The third-order valence-electron chi connectivity index (χ3n) is 5.79. The molecule has 1 saturated heterocycles. The average Bonchev–Trinajstić information content (AvgIpc) is 2.74. The predicted octanol–water partition coefficient (Wildman–Crippen LogP) is 4.36. The van der Waals surface area contributed by atoms with Crippen LogP contribution in [0.4, 0.5) is 4.39 Å². The number of carbonyl (C=O) groups is 1. The summed E-state index contributed by atoms with van der Waals surface area (Å²) in [4.78, 5) is 14.9. The van der Waals surface area contributed by atoms with Crippen LogP contribution in [0.15, 0.2) is 48.5 Å². The highest BCUT2D eigenvalue weighted by atomic mass is 19.1. The van der Waals surface area contributed by atoms with Gasteiger partial charge in [-0.2, -0.15) is 0 Å². The molecule has 4 nitrogen and oxygen atoms in total. The zero-order valence-electron chi connectivity index (χ0n) is 17.4. The Morgan fingerprint density at radius 2 is 1.93 bits per heavy atom. The Kier molecular flexibility index (Phi) is 7.64. The van der Waals surface area contributed by atoms with Gasteiger partial charge < -0.3 is 10.1 Å². The molecule has 0 radical (unpaired) electrons. The average molecular weight is 399 g/mol. The van der Waals surface area contributed by atoms with Gasteiger partial charge in [-0.15, -0.1) is 0 Å². The standard InChI is InChI=1S/C24H31FN2O2/c1-18-12-14-27(15-13-18)22(20-6-4-3-5-7-20)17-26-24(28)11-9-19-8-10-23(29-2)21(25)16-19/h3-8,10,16,18,22H,9,11-15,17H2,1-2H3,(H,26,28). The maximum atomic E-state index is 13.8. The summed E-state index contributed by atoms with van der Waals surface area (Å²) in [5, 5.41) is 3.10.